The van der Waals surface area contributed by atoms with Gasteiger partial charge in [0.2, 0.25) is 0 Å². The molecular formula is C13H16F3NO2. The van der Waals surface area contributed by atoms with Crippen LogP contribution < -0.4 is 5.32 Å². The predicted molar refractivity (Wildman–Crippen MR) is 64.7 cm³/mol. The van der Waals surface area contributed by atoms with E-state index in [0.717, 1.165) is 12.1 Å². The summed E-state index contributed by atoms with van der Waals surface area (Å²) in [6, 6.07) is 4.03. The number of hydrogen-bond acceptors (Lipinski definition) is 2. The van der Waals surface area contributed by atoms with E-state index < -0.39 is 23.2 Å². The molecule has 0 amide bonds. The Morgan fingerprint density at radius 2 is 1.58 bits per heavy atom. The minimum absolute atomic E-state index is 0.122. The Labute approximate surface area is 109 Å². The predicted octanol–water partition coefficient (Wildman–Crippen LogP) is 3.00. The van der Waals surface area contributed by atoms with E-state index in [1.165, 1.54) is 19.1 Å². The molecule has 1 unspecified atom stereocenters. The lowest BCUT2D eigenvalue weighted by Crippen LogP contribution is -2.49. The molecule has 0 heterocycles. The molecule has 0 aliphatic carbocycles. The molecule has 1 aromatic carbocycles. The lowest BCUT2D eigenvalue weighted by Gasteiger charge is -2.29. The fourth-order valence-corrected chi connectivity index (χ4v) is 1.84. The van der Waals surface area contributed by atoms with Gasteiger partial charge in [0.25, 0.3) is 0 Å². The summed E-state index contributed by atoms with van der Waals surface area (Å²) in [6.07, 6.45) is -4.43. The largest absolute Gasteiger partial charge is 0.480 e. The summed E-state index contributed by atoms with van der Waals surface area (Å²) in [5.74, 6) is -1.14. The quantitative estimate of drug-likeness (QED) is 0.888. The minimum atomic E-state index is -4.43. The maximum atomic E-state index is 12.5. The molecule has 106 valence electrons. The normalized spacial score (nSPS) is 15.3. The third-order valence-corrected chi connectivity index (χ3v) is 2.79. The molecule has 0 aliphatic heterocycles. The fraction of sp³-hybridized carbons (Fsp3) is 0.462. The first kappa shape index (κ1) is 15.5. The zero-order valence-electron chi connectivity index (χ0n) is 10.9. The van der Waals surface area contributed by atoms with Crippen molar-refractivity contribution in [3.8, 4) is 0 Å². The van der Waals surface area contributed by atoms with Gasteiger partial charge in [-0.1, -0.05) is 12.1 Å². The third-order valence-electron chi connectivity index (χ3n) is 2.79. The highest BCUT2D eigenvalue weighted by Crippen LogP contribution is 2.31. The van der Waals surface area contributed by atoms with E-state index in [0.29, 0.717) is 0 Å². The summed E-state index contributed by atoms with van der Waals surface area (Å²) in [5.41, 5.74) is -1.94. The van der Waals surface area contributed by atoms with Gasteiger partial charge < -0.3 is 5.11 Å². The van der Waals surface area contributed by atoms with Crippen molar-refractivity contribution in [1.82, 2.24) is 5.32 Å². The van der Waals surface area contributed by atoms with Crippen LogP contribution in [0.3, 0.4) is 0 Å². The minimum Gasteiger partial charge on any atom is -0.480 e. The van der Waals surface area contributed by atoms with Crippen molar-refractivity contribution in [2.75, 3.05) is 0 Å². The first-order chi connectivity index (χ1) is 8.57. The first-order valence-electron chi connectivity index (χ1n) is 5.76. The van der Waals surface area contributed by atoms with Crippen LogP contribution in [-0.4, -0.2) is 17.1 Å². The van der Waals surface area contributed by atoms with E-state index >= 15 is 0 Å². The molecule has 6 heteroatoms. The Hall–Kier alpha value is -1.56. The molecule has 0 spiro atoms. The Balaban J connectivity index is 3.15. The molecule has 1 aromatic rings. The van der Waals surface area contributed by atoms with Gasteiger partial charge in [0.05, 0.1) is 5.56 Å². The van der Waals surface area contributed by atoms with E-state index in [9.17, 15) is 23.1 Å². The SMILES string of the molecule is CC(C)NC(C)(C(=O)O)c1ccc(C(F)(F)F)cc1. The third kappa shape index (κ3) is 3.47. The number of benzene rings is 1. The Bertz CT molecular complexity index is 454. The number of rotatable bonds is 4. The van der Waals surface area contributed by atoms with Gasteiger partial charge in [-0.05, 0) is 38.5 Å². The molecule has 19 heavy (non-hydrogen) atoms. The first-order valence-corrected chi connectivity index (χ1v) is 5.76. The van der Waals surface area contributed by atoms with Crippen LogP contribution in [0.1, 0.15) is 31.9 Å². The van der Waals surface area contributed by atoms with Crippen molar-refractivity contribution in [2.24, 2.45) is 0 Å². The average molecular weight is 275 g/mol. The number of alkyl halides is 3. The maximum Gasteiger partial charge on any atom is 0.416 e. The molecule has 0 saturated heterocycles. The number of carboxylic acids is 1. The second-order valence-corrected chi connectivity index (χ2v) is 4.80. The van der Waals surface area contributed by atoms with Crippen LogP contribution in [-0.2, 0) is 16.5 Å². The van der Waals surface area contributed by atoms with Crippen molar-refractivity contribution in [3.63, 3.8) is 0 Å². The van der Waals surface area contributed by atoms with Crippen LogP contribution in [0.15, 0.2) is 24.3 Å². The van der Waals surface area contributed by atoms with Gasteiger partial charge in [0.15, 0.2) is 0 Å². The average Bonchev–Trinajstić information content (AvgIpc) is 2.26. The fourth-order valence-electron chi connectivity index (χ4n) is 1.84. The molecule has 2 N–H and O–H groups in total. The number of halogens is 3. The monoisotopic (exact) mass is 275 g/mol. The topological polar surface area (TPSA) is 49.3 Å². The van der Waals surface area contributed by atoms with Crippen LogP contribution in [0.5, 0.6) is 0 Å². The summed E-state index contributed by atoms with van der Waals surface area (Å²) in [4.78, 5) is 11.4. The summed E-state index contributed by atoms with van der Waals surface area (Å²) < 4.78 is 37.4. The van der Waals surface area contributed by atoms with Crippen LogP contribution >= 0.6 is 0 Å². The number of aliphatic carboxylic acids is 1. The number of carboxylic acid groups (broad SMARTS) is 1. The number of hydrogen-bond donors (Lipinski definition) is 2. The van der Waals surface area contributed by atoms with Gasteiger partial charge in [-0.25, -0.2) is 4.79 Å². The van der Waals surface area contributed by atoms with E-state index in [4.69, 9.17) is 0 Å². The molecule has 1 atom stereocenters. The maximum absolute atomic E-state index is 12.5. The van der Waals surface area contributed by atoms with Crippen molar-refractivity contribution < 1.29 is 23.1 Å². The van der Waals surface area contributed by atoms with Crippen molar-refractivity contribution >= 4 is 5.97 Å². The van der Waals surface area contributed by atoms with Gasteiger partial charge in [-0.15, -0.1) is 0 Å². The zero-order valence-corrected chi connectivity index (χ0v) is 10.9. The molecule has 0 aromatic heterocycles. The summed E-state index contributed by atoms with van der Waals surface area (Å²) in [6.45, 7) is 4.97. The number of carbonyl (C=O) groups is 1. The van der Waals surface area contributed by atoms with Crippen LogP contribution in [0, 0.1) is 0 Å². The Kier molecular flexibility index (Phi) is 4.25. The smallest absolute Gasteiger partial charge is 0.416 e. The van der Waals surface area contributed by atoms with Crippen LogP contribution in [0.25, 0.3) is 0 Å². The highest BCUT2D eigenvalue weighted by Gasteiger charge is 2.37. The molecule has 0 fully saturated rings. The second kappa shape index (κ2) is 5.21. The van der Waals surface area contributed by atoms with Crippen molar-refractivity contribution in [1.29, 1.82) is 0 Å². The highest BCUT2D eigenvalue weighted by molar-refractivity contribution is 5.80. The molecule has 3 nitrogen and oxygen atoms in total. The van der Waals surface area contributed by atoms with E-state index in [-0.39, 0.29) is 11.6 Å². The summed E-state index contributed by atoms with van der Waals surface area (Å²) >= 11 is 0. The van der Waals surface area contributed by atoms with Crippen LogP contribution in [0.4, 0.5) is 13.2 Å². The van der Waals surface area contributed by atoms with Gasteiger partial charge in [-0.3, -0.25) is 5.32 Å². The molecule has 0 saturated carbocycles. The summed E-state index contributed by atoms with van der Waals surface area (Å²) in [7, 11) is 0. The van der Waals surface area contributed by atoms with Crippen molar-refractivity contribution in [2.45, 2.75) is 38.5 Å². The van der Waals surface area contributed by atoms with E-state index in [2.05, 4.69) is 5.32 Å². The van der Waals surface area contributed by atoms with E-state index in [1.54, 1.807) is 13.8 Å². The summed E-state index contributed by atoms with van der Waals surface area (Å²) in [5, 5.41) is 12.1. The van der Waals surface area contributed by atoms with Gasteiger partial charge >= 0.3 is 12.1 Å². The lowest BCUT2D eigenvalue weighted by atomic mass is 9.90. The van der Waals surface area contributed by atoms with Crippen molar-refractivity contribution in [3.05, 3.63) is 35.4 Å². The molecule has 0 radical (unpaired) electrons. The Morgan fingerprint density at radius 3 is 1.89 bits per heavy atom. The highest BCUT2D eigenvalue weighted by atomic mass is 19.4. The molecule has 1 rings (SSSR count). The van der Waals surface area contributed by atoms with Gasteiger partial charge in [0, 0.05) is 6.04 Å². The number of nitrogens with one attached hydrogen (secondary N) is 1. The van der Waals surface area contributed by atoms with Gasteiger partial charge in [-0.2, -0.15) is 13.2 Å². The molecular weight excluding hydrogens is 259 g/mol. The van der Waals surface area contributed by atoms with Gasteiger partial charge in [0.1, 0.15) is 5.54 Å². The van der Waals surface area contributed by atoms with E-state index in [1.807, 2.05) is 0 Å². The van der Waals surface area contributed by atoms with Crippen LogP contribution in [0.2, 0.25) is 0 Å². The lowest BCUT2D eigenvalue weighted by molar-refractivity contribution is -0.144. The Morgan fingerprint density at radius 1 is 1.16 bits per heavy atom. The molecule has 0 aliphatic rings. The molecule has 0 bridgehead atoms. The second-order valence-electron chi connectivity index (χ2n) is 4.80. The standard InChI is InChI=1S/C13H16F3NO2/c1-8(2)17-12(3,11(18)19)9-4-6-10(7-5-9)13(14,15)16/h4-8,17H,1-3H3,(H,18,19). The zero-order chi connectivity index (χ0) is 14.8.